The molecule has 2 amide bonds. The quantitative estimate of drug-likeness (QED) is 0.823. The zero-order valence-corrected chi connectivity index (χ0v) is 15.9. The number of carbonyl (C=O) groups is 2. The molecule has 1 atom stereocenters. The third-order valence-electron chi connectivity index (χ3n) is 4.71. The maximum atomic E-state index is 12.5. The summed E-state index contributed by atoms with van der Waals surface area (Å²) in [4.78, 5) is 30.7. The van der Waals surface area contributed by atoms with Crippen LogP contribution in [0, 0.1) is 6.92 Å². The Labute approximate surface area is 160 Å². The highest BCUT2D eigenvalue weighted by Gasteiger charge is 2.18. The number of carbonyl (C=O) groups excluding carboxylic acids is 2. The summed E-state index contributed by atoms with van der Waals surface area (Å²) < 4.78 is 0. The smallest absolute Gasteiger partial charge is 0.226 e. The summed E-state index contributed by atoms with van der Waals surface area (Å²) in [5.74, 6) is 0.622. The fourth-order valence-electron chi connectivity index (χ4n) is 3.29. The van der Waals surface area contributed by atoms with Gasteiger partial charge < -0.3 is 15.5 Å². The number of anilines is 2. The summed E-state index contributed by atoms with van der Waals surface area (Å²) in [5.41, 5.74) is 2.70. The Morgan fingerprint density at radius 2 is 1.81 bits per heavy atom. The summed E-state index contributed by atoms with van der Waals surface area (Å²) in [5, 5.41) is 5.73. The van der Waals surface area contributed by atoms with Gasteiger partial charge in [0.1, 0.15) is 5.82 Å². The van der Waals surface area contributed by atoms with E-state index < -0.39 is 0 Å². The second kappa shape index (κ2) is 8.66. The standard InChI is InChI=1S/C21H26N4O2/c1-15-5-7-17(8-6-15)19(23-16(2)26)13-21(27)24-18-9-10-20(22-14-18)25-11-3-4-12-25/h5-10,14,19H,3-4,11-13H2,1-2H3,(H,23,26)(H,24,27)/t19-/m1/s1. The molecule has 3 rings (SSSR count). The number of aryl methyl sites for hydroxylation is 1. The topological polar surface area (TPSA) is 74.3 Å². The Bertz CT molecular complexity index is 781. The lowest BCUT2D eigenvalue weighted by Gasteiger charge is -2.19. The molecule has 2 N–H and O–H groups in total. The van der Waals surface area contributed by atoms with Gasteiger partial charge in [-0.05, 0) is 37.5 Å². The van der Waals surface area contributed by atoms with Crippen molar-refractivity contribution >= 4 is 23.3 Å². The van der Waals surface area contributed by atoms with Crippen LogP contribution in [-0.2, 0) is 9.59 Å². The van der Waals surface area contributed by atoms with Gasteiger partial charge in [-0.2, -0.15) is 0 Å². The van der Waals surface area contributed by atoms with E-state index in [4.69, 9.17) is 0 Å². The molecule has 1 aliphatic rings. The van der Waals surface area contributed by atoms with Crippen molar-refractivity contribution in [3.8, 4) is 0 Å². The zero-order valence-electron chi connectivity index (χ0n) is 15.9. The Morgan fingerprint density at radius 3 is 2.41 bits per heavy atom. The van der Waals surface area contributed by atoms with Crippen LogP contribution in [0.25, 0.3) is 0 Å². The highest BCUT2D eigenvalue weighted by atomic mass is 16.2. The summed E-state index contributed by atoms with van der Waals surface area (Å²) in [6.45, 7) is 5.53. The van der Waals surface area contributed by atoms with Crippen molar-refractivity contribution in [1.29, 1.82) is 0 Å². The largest absolute Gasteiger partial charge is 0.357 e. The highest BCUT2D eigenvalue weighted by molar-refractivity contribution is 5.91. The first-order valence-corrected chi connectivity index (χ1v) is 9.36. The van der Waals surface area contributed by atoms with Crippen LogP contribution in [-0.4, -0.2) is 29.9 Å². The summed E-state index contributed by atoms with van der Waals surface area (Å²) in [6.07, 6.45) is 4.24. The molecular weight excluding hydrogens is 340 g/mol. The van der Waals surface area contributed by atoms with Crippen molar-refractivity contribution in [2.75, 3.05) is 23.3 Å². The van der Waals surface area contributed by atoms with Crippen LogP contribution in [0.3, 0.4) is 0 Å². The molecule has 1 aromatic carbocycles. The first-order valence-electron chi connectivity index (χ1n) is 9.36. The second-order valence-electron chi connectivity index (χ2n) is 7.02. The predicted octanol–water partition coefficient (Wildman–Crippen LogP) is 3.20. The van der Waals surface area contributed by atoms with Gasteiger partial charge in [-0.15, -0.1) is 0 Å². The molecule has 0 bridgehead atoms. The van der Waals surface area contributed by atoms with Crippen LogP contribution in [0.2, 0.25) is 0 Å². The molecule has 1 saturated heterocycles. The first kappa shape index (κ1) is 18.9. The molecule has 0 radical (unpaired) electrons. The van der Waals surface area contributed by atoms with E-state index in [1.54, 1.807) is 6.20 Å². The summed E-state index contributed by atoms with van der Waals surface area (Å²) >= 11 is 0. The van der Waals surface area contributed by atoms with E-state index in [9.17, 15) is 9.59 Å². The van der Waals surface area contributed by atoms with E-state index in [1.165, 1.54) is 19.8 Å². The van der Waals surface area contributed by atoms with Crippen LogP contribution in [0.1, 0.15) is 43.4 Å². The summed E-state index contributed by atoms with van der Waals surface area (Å²) in [6, 6.07) is 11.3. The van der Waals surface area contributed by atoms with Crippen molar-refractivity contribution in [2.24, 2.45) is 0 Å². The first-order chi connectivity index (χ1) is 13.0. The van der Waals surface area contributed by atoms with Gasteiger partial charge in [-0.1, -0.05) is 29.8 Å². The van der Waals surface area contributed by atoms with Gasteiger partial charge in [0.2, 0.25) is 11.8 Å². The predicted molar refractivity (Wildman–Crippen MR) is 107 cm³/mol. The average molecular weight is 366 g/mol. The molecule has 1 aromatic heterocycles. The lowest BCUT2D eigenvalue weighted by atomic mass is 10.0. The molecule has 2 aromatic rings. The molecule has 0 aliphatic carbocycles. The van der Waals surface area contributed by atoms with Gasteiger partial charge in [0, 0.05) is 20.0 Å². The van der Waals surface area contributed by atoms with Crippen molar-refractivity contribution < 1.29 is 9.59 Å². The number of nitrogens with zero attached hydrogens (tertiary/aromatic N) is 2. The third-order valence-corrected chi connectivity index (χ3v) is 4.71. The number of amides is 2. The number of benzene rings is 1. The Hall–Kier alpha value is -2.89. The number of nitrogens with one attached hydrogen (secondary N) is 2. The van der Waals surface area contributed by atoms with E-state index in [-0.39, 0.29) is 24.3 Å². The van der Waals surface area contributed by atoms with E-state index in [1.807, 2.05) is 43.3 Å². The van der Waals surface area contributed by atoms with Gasteiger partial charge in [0.05, 0.1) is 24.3 Å². The number of hydrogen-bond acceptors (Lipinski definition) is 4. The molecule has 6 nitrogen and oxygen atoms in total. The van der Waals surface area contributed by atoms with Gasteiger partial charge in [0.15, 0.2) is 0 Å². The number of hydrogen-bond donors (Lipinski definition) is 2. The third kappa shape index (κ3) is 5.29. The Balaban J connectivity index is 1.63. The molecule has 27 heavy (non-hydrogen) atoms. The van der Waals surface area contributed by atoms with Crippen LogP contribution in [0.15, 0.2) is 42.6 Å². The van der Waals surface area contributed by atoms with E-state index in [0.717, 1.165) is 30.0 Å². The Morgan fingerprint density at radius 1 is 1.11 bits per heavy atom. The Kier molecular flexibility index (Phi) is 6.06. The molecule has 0 spiro atoms. The van der Waals surface area contributed by atoms with Crippen LogP contribution in [0.4, 0.5) is 11.5 Å². The lowest BCUT2D eigenvalue weighted by Crippen LogP contribution is -2.29. The molecule has 0 unspecified atom stereocenters. The highest BCUT2D eigenvalue weighted by Crippen LogP contribution is 2.21. The average Bonchev–Trinajstić information content (AvgIpc) is 3.17. The van der Waals surface area contributed by atoms with Crippen molar-refractivity contribution in [3.05, 3.63) is 53.7 Å². The van der Waals surface area contributed by atoms with E-state index in [0.29, 0.717) is 5.69 Å². The van der Waals surface area contributed by atoms with Gasteiger partial charge in [-0.25, -0.2) is 4.98 Å². The van der Waals surface area contributed by atoms with Crippen molar-refractivity contribution in [2.45, 2.75) is 39.2 Å². The van der Waals surface area contributed by atoms with Crippen molar-refractivity contribution in [1.82, 2.24) is 10.3 Å². The molecule has 1 fully saturated rings. The molecule has 1 aliphatic heterocycles. The SMILES string of the molecule is CC(=O)N[C@H](CC(=O)Nc1ccc(N2CCCC2)nc1)c1ccc(C)cc1. The minimum absolute atomic E-state index is 0.162. The summed E-state index contributed by atoms with van der Waals surface area (Å²) in [7, 11) is 0. The molecule has 142 valence electrons. The number of rotatable bonds is 6. The minimum atomic E-state index is -0.361. The second-order valence-corrected chi connectivity index (χ2v) is 7.02. The van der Waals surface area contributed by atoms with Gasteiger partial charge in [0.25, 0.3) is 0 Å². The lowest BCUT2D eigenvalue weighted by molar-refractivity contribution is -0.120. The monoisotopic (exact) mass is 366 g/mol. The van der Waals surface area contributed by atoms with Crippen LogP contribution in [0.5, 0.6) is 0 Å². The van der Waals surface area contributed by atoms with Gasteiger partial charge >= 0.3 is 0 Å². The maximum Gasteiger partial charge on any atom is 0.226 e. The van der Waals surface area contributed by atoms with Crippen molar-refractivity contribution in [3.63, 3.8) is 0 Å². The zero-order chi connectivity index (χ0) is 19.2. The molecule has 0 saturated carbocycles. The maximum absolute atomic E-state index is 12.5. The molecule has 6 heteroatoms. The van der Waals surface area contributed by atoms with E-state index in [2.05, 4.69) is 20.5 Å². The number of pyridine rings is 1. The fourth-order valence-corrected chi connectivity index (χ4v) is 3.29. The molecular formula is C21H26N4O2. The molecule has 2 heterocycles. The van der Waals surface area contributed by atoms with E-state index >= 15 is 0 Å². The van der Waals surface area contributed by atoms with Crippen LogP contribution < -0.4 is 15.5 Å². The minimum Gasteiger partial charge on any atom is -0.357 e. The van der Waals surface area contributed by atoms with Gasteiger partial charge in [-0.3, -0.25) is 9.59 Å². The number of aromatic nitrogens is 1. The van der Waals surface area contributed by atoms with Crippen LogP contribution >= 0.6 is 0 Å². The fraction of sp³-hybridized carbons (Fsp3) is 0.381. The normalized spacial score (nSPS) is 14.7.